The summed E-state index contributed by atoms with van der Waals surface area (Å²) < 4.78 is 19.0. The van der Waals surface area contributed by atoms with Gasteiger partial charge in [-0.25, -0.2) is 4.39 Å². The van der Waals surface area contributed by atoms with E-state index in [1.807, 2.05) is 6.07 Å². The molecule has 17 heavy (non-hydrogen) atoms. The van der Waals surface area contributed by atoms with E-state index >= 15 is 0 Å². The average Bonchev–Trinajstić information content (AvgIpc) is 2.36. The molecule has 1 aromatic rings. The molecule has 1 fully saturated rings. The second kappa shape index (κ2) is 6.04. The first kappa shape index (κ1) is 12.4. The van der Waals surface area contributed by atoms with Crippen LogP contribution in [0.3, 0.4) is 0 Å². The maximum absolute atomic E-state index is 13.3. The minimum Gasteiger partial charge on any atom is -0.493 e. The van der Waals surface area contributed by atoms with E-state index in [9.17, 15) is 4.39 Å². The van der Waals surface area contributed by atoms with Crippen molar-refractivity contribution < 1.29 is 9.13 Å². The Bertz CT molecular complexity index is 356. The number of hydrogen-bond donors (Lipinski definition) is 0. The van der Waals surface area contributed by atoms with Crippen molar-refractivity contribution in [3.8, 4) is 5.75 Å². The van der Waals surface area contributed by atoms with Gasteiger partial charge in [-0.1, -0.05) is 38.2 Å². The number of halogens is 1. The molecule has 1 aromatic carbocycles. The summed E-state index contributed by atoms with van der Waals surface area (Å²) in [5.41, 5.74) is 0.621. The summed E-state index contributed by atoms with van der Waals surface area (Å²) in [6, 6.07) is 5.03. The molecule has 0 spiro atoms. The molecule has 0 aliphatic heterocycles. The molecular weight excluding hydrogens is 215 g/mol. The van der Waals surface area contributed by atoms with Gasteiger partial charge in [-0.15, -0.1) is 0 Å². The molecule has 0 radical (unpaired) electrons. The molecule has 0 bridgehead atoms. The number of benzene rings is 1. The van der Waals surface area contributed by atoms with E-state index in [0.29, 0.717) is 11.3 Å². The molecule has 0 amide bonds. The fourth-order valence-corrected chi connectivity index (χ4v) is 2.56. The second-order valence-corrected chi connectivity index (χ2v) is 5.00. The highest BCUT2D eigenvalue weighted by Gasteiger charge is 2.13. The van der Waals surface area contributed by atoms with E-state index in [1.54, 1.807) is 13.0 Å². The van der Waals surface area contributed by atoms with Gasteiger partial charge in [0.15, 0.2) is 0 Å². The predicted molar refractivity (Wildman–Crippen MR) is 67.8 cm³/mol. The summed E-state index contributed by atoms with van der Waals surface area (Å²) in [7, 11) is 0. The van der Waals surface area contributed by atoms with Crippen LogP contribution >= 0.6 is 0 Å². The summed E-state index contributed by atoms with van der Waals surface area (Å²) in [4.78, 5) is 0. The molecule has 94 valence electrons. The number of rotatable bonds is 4. The summed E-state index contributed by atoms with van der Waals surface area (Å²) in [6.45, 7) is 2.49. The van der Waals surface area contributed by atoms with Gasteiger partial charge in [0, 0.05) is 5.56 Å². The third-order valence-electron chi connectivity index (χ3n) is 3.73. The van der Waals surface area contributed by atoms with Gasteiger partial charge in [-0.2, -0.15) is 0 Å². The molecule has 1 aliphatic rings. The fraction of sp³-hybridized carbons (Fsp3) is 0.600. The van der Waals surface area contributed by atoms with Gasteiger partial charge in [-0.05, 0) is 31.4 Å². The van der Waals surface area contributed by atoms with Crippen molar-refractivity contribution in [2.75, 3.05) is 6.61 Å². The molecule has 0 aromatic heterocycles. The van der Waals surface area contributed by atoms with Gasteiger partial charge in [0.2, 0.25) is 0 Å². The first-order chi connectivity index (χ1) is 8.27. The van der Waals surface area contributed by atoms with Gasteiger partial charge in [0.25, 0.3) is 0 Å². The van der Waals surface area contributed by atoms with Crippen LogP contribution in [0.25, 0.3) is 0 Å². The standard InChI is InChI=1S/C15H21FO/c1-12-14(16)8-5-9-15(12)17-11-10-13-6-3-2-4-7-13/h5,8-9,13H,2-4,6-7,10-11H2,1H3. The maximum Gasteiger partial charge on any atom is 0.129 e. The minimum atomic E-state index is -0.180. The van der Waals surface area contributed by atoms with E-state index in [4.69, 9.17) is 4.74 Å². The summed E-state index contributed by atoms with van der Waals surface area (Å²) in [5.74, 6) is 1.33. The summed E-state index contributed by atoms with van der Waals surface area (Å²) >= 11 is 0. The van der Waals surface area contributed by atoms with Crippen molar-refractivity contribution in [2.24, 2.45) is 5.92 Å². The number of hydrogen-bond acceptors (Lipinski definition) is 1. The zero-order valence-corrected chi connectivity index (χ0v) is 10.5. The van der Waals surface area contributed by atoms with Gasteiger partial charge < -0.3 is 4.74 Å². The highest BCUT2D eigenvalue weighted by Crippen LogP contribution is 2.27. The van der Waals surface area contributed by atoms with E-state index in [1.165, 1.54) is 38.2 Å². The van der Waals surface area contributed by atoms with Crippen molar-refractivity contribution >= 4 is 0 Å². The van der Waals surface area contributed by atoms with Gasteiger partial charge in [0.1, 0.15) is 11.6 Å². The van der Waals surface area contributed by atoms with Crippen LogP contribution in [0.15, 0.2) is 18.2 Å². The Kier molecular flexibility index (Phi) is 4.41. The summed E-state index contributed by atoms with van der Waals surface area (Å²) in [6.07, 6.45) is 7.90. The van der Waals surface area contributed by atoms with Crippen LogP contribution < -0.4 is 4.74 Å². The van der Waals surface area contributed by atoms with E-state index in [-0.39, 0.29) is 5.82 Å². The van der Waals surface area contributed by atoms with Crippen molar-refractivity contribution in [1.29, 1.82) is 0 Å². The molecule has 0 N–H and O–H groups in total. The Balaban J connectivity index is 1.79. The minimum absolute atomic E-state index is 0.180. The van der Waals surface area contributed by atoms with Gasteiger partial charge in [-0.3, -0.25) is 0 Å². The third kappa shape index (κ3) is 3.45. The van der Waals surface area contributed by atoms with Crippen LogP contribution in [0, 0.1) is 18.7 Å². The van der Waals surface area contributed by atoms with Crippen LogP contribution in [0.5, 0.6) is 5.75 Å². The largest absolute Gasteiger partial charge is 0.493 e. The SMILES string of the molecule is Cc1c(F)cccc1OCCC1CCCCC1. The molecule has 1 aliphatic carbocycles. The lowest BCUT2D eigenvalue weighted by Crippen LogP contribution is -2.11. The van der Waals surface area contributed by atoms with Crippen LogP contribution in [0.1, 0.15) is 44.1 Å². The first-order valence-corrected chi connectivity index (χ1v) is 6.65. The van der Waals surface area contributed by atoms with Crippen molar-refractivity contribution in [3.05, 3.63) is 29.6 Å². The fourth-order valence-electron chi connectivity index (χ4n) is 2.56. The molecule has 1 nitrogen and oxygen atoms in total. The lowest BCUT2D eigenvalue weighted by Gasteiger charge is -2.21. The second-order valence-electron chi connectivity index (χ2n) is 5.00. The molecule has 0 atom stereocenters. The zero-order valence-electron chi connectivity index (χ0n) is 10.5. The Morgan fingerprint density at radius 3 is 2.76 bits per heavy atom. The monoisotopic (exact) mass is 236 g/mol. The van der Waals surface area contributed by atoms with Crippen molar-refractivity contribution in [1.82, 2.24) is 0 Å². The molecule has 0 unspecified atom stereocenters. The zero-order chi connectivity index (χ0) is 12.1. The topological polar surface area (TPSA) is 9.23 Å². The smallest absolute Gasteiger partial charge is 0.129 e. The molecule has 0 heterocycles. The quantitative estimate of drug-likeness (QED) is 0.748. The highest BCUT2D eigenvalue weighted by atomic mass is 19.1. The van der Waals surface area contributed by atoms with Crippen molar-refractivity contribution in [2.45, 2.75) is 45.4 Å². The normalized spacial score (nSPS) is 17.1. The molecule has 2 heteroatoms. The predicted octanol–water partition coefficient (Wildman–Crippen LogP) is 4.48. The Morgan fingerprint density at radius 1 is 1.24 bits per heavy atom. The Labute approximate surface area is 103 Å². The molecule has 2 rings (SSSR count). The molecule has 1 saturated carbocycles. The van der Waals surface area contributed by atoms with E-state index in [2.05, 4.69) is 0 Å². The van der Waals surface area contributed by atoms with Crippen LogP contribution in [0.2, 0.25) is 0 Å². The highest BCUT2D eigenvalue weighted by molar-refractivity contribution is 5.33. The molecular formula is C15H21FO. The lowest BCUT2D eigenvalue weighted by atomic mass is 9.87. The number of ether oxygens (including phenoxy) is 1. The maximum atomic E-state index is 13.3. The van der Waals surface area contributed by atoms with E-state index in [0.717, 1.165) is 18.9 Å². The van der Waals surface area contributed by atoms with Crippen LogP contribution in [-0.2, 0) is 0 Å². The first-order valence-electron chi connectivity index (χ1n) is 6.65. The van der Waals surface area contributed by atoms with Gasteiger partial charge >= 0.3 is 0 Å². The Hall–Kier alpha value is -1.05. The third-order valence-corrected chi connectivity index (χ3v) is 3.73. The lowest BCUT2D eigenvalue weighted by molar-refractivity contribution is 0.244. The average molecular weight is 236 g/mol. The van der Waals surface area contributed by atoms with E-state index < -0.39 is 0 Å². The van der Waals surface area contributed by atoms with Crippen LogP contribution in [0.4, 0.5) is 4.39 Å². The van der Waals surface area contributed by atoms with Gasteiger partial charge in [0.05, 0.1) is 6.61 Å². The molecule has 0 saturated heterocycles. The van der Waals surface area contributed by atoms with Crippen molar-refractivity contribution in [3.63, 3.8) is 0 Å². The Morgan fingerprint density at radius 2 is 2.00 bits per heavy atom. The van der Waals surface area contributed by atoms with Crippen LogP contribution in [-0.4, -0.2) is 6.61 Å². The summed E-state index contributed by atoms with van der Waals surface area (Å²) in [5, 5.41) is 0.